The minimum Gasteiger partial charge on any atom is -0.398 e. The molecule has 136 valence electrons. The van der Waals surface area contributed by atoms with Crippen LogP contribution in [0.2, 0.25) is 0 Å². The summed E-state index contributed by atoms with van der Waals surface area (Å²) in [7, 11) is 5.16. The maximum absolute atomic E-state index is 12.7. The minimum absolute atomic E-state index is 0.109. The number of carbonyl (C=O) groups is 1. The number of aryl methyl sites for hydroxylation is 1. The fourth-order valence-electron chi connectivity index (χ4n) is 3.06. The van der Waals surface area contributed by atoms with Crippen molar-refractivity contribution in [2.45, 2.75) is 33.6 Å². The van der Waals surface area contributed by atoms with Crippen molar-refractivity contribution in [3.8, 4) is 0 Å². The molecule has 1 saturated heterocycles. The standard InChI is InChI=1S/C17H27N3O.C2H6O/c1-11-9-15(12(2)13(3)16(11)18)17(21)20(4)10-14-5-7-19-8-6-14;1-3-2/h9,14,19H,5-8,10,18H2,1-4H3;1-2H3. The molecule has 1 aromatic carbocycles. The second-order valence-corrected chi connectivity index (χ2v) is 6.69. The number of hydrogen-bond acceptors (Lipinski definition) is 4. The van der Waals surface area contributed by atoms with E-state index in [4.69, 9.17) is 5.73 Å². The monoisotopic (exact) mass is 335 g/mol. The number of hydrogen-bond donors (Lipinski definition) is 2. The lowest BCUT2D eigenvalue weighted by molar-refractivity contribution is 0.0762. The lowest BCUT2D eigenvalue weighted by Gasteiger charge is -2.28. The Morgan fingerprint density at radius 2 is 1.79 bits per heavy atom. The van der Waals surface area contributed by atoms with Gasteiger partial charge >= 0.3 is 0 Å². The molecule has 1 heterocycles. The highest BCUT2D eigenvalue weighted by molar-refractivity contribution is 5.96. The van der Waals surface area contributed by atoms with Crippen molar-refractivity contribution in [1.82, 2.24) is 10.2 Å². The van der Waals surface area contributed by atoms with E-state index in [0.29, 0.717) is 5.92 Å². The summed E-state index contributed by atoms with van der Waals surface area (Å²) in [5.74, 6) is 0.716. The van der Waals surface area contributed by atoms with Crippen LogP contribution in [0.5, 0.6) is 0 Å². The highest BCUT2D eigenvalue weighted by atomic mass is 16.4. The first-order valence-electron chi connectivity index (χ1n) is 8.56. The molecule has 0 unspecified atom stereocenters. The first-order valence-corrected chi connectivity index (χ1v) is 8.56. The zero-order valence-electron chi connectivity index (χ0n) is 16.0. The van der Waals surface area contributed by atoms with E-state index in [1.54, 1.807) is 14.2 Å². The van der Waals surface area contributed by atoms with Gasteiger partial charge in [-0.2, -0.15) is 0 Å². The average molecular weight is 335 g/mol. The highest BCUT2D eigenvalue weighted by Crippen LogP contribution is 2.25. The van der Waals surface area contributed by atoms with Crippen molar-refractivity contribution < 1.29 is 9.53 Å². The molecule has 0 atom stereocenters. The Balaban J connectivity index is 0.000000891. The molecule has 5 nitrogen and oxygen atoms in total. The summed E-state index contributed by atoms with van der Waals surface area (Å²) in [5, 5.41) is 3.36. The Morgan fingerprint density at radius 1 is 1.25 bits per heavy atom. The molecule has 24 heavy (non-hydrogen) atoms. The Morgan fingerprint density at radius 3 is 2.33 bits per heavy atom. The van der Waals surface area contributed by atoms with Crippen LogP contribution < -0.4 is 11.1 Å². The Labute approximate surface area is 146 Å². The summed E-state index contributed by atoms with van der Waals surface area (Å²) in [6.45, 7) is 8.89. The normalized spacial score (nSPS) is 14.8. The van der Waals surface area contributed by atoms with E-state index in [-0.39, 0.29) is 5.91 Å². The van der Waals surface area contributed by atoms with Gasteiger partial charge in [-0.3, -0.25) is 4.79 Å². The van der Waals surface area contributed by atoms with Gasteiger partial charge in [0.25, 0.3) is 5.91 Å². The molecule has 1 amide bonds. The Kier molecular flexibility index (Phi) is 8.22. The number of anilines is 1. The number of methoxy groups -OCH3 is 1. The largest absolute Gasteiger partial charge is 0.398 e. The lowest BCUT2D eigenvalue weighted by Crippen LogP contribution is -2.37. The van der Waals surface area contributed by atoms with Crippen molar-refractivity contribution in [1.29, 1.82) is 0 Å². The lowest BCUT2D eigenvalue weighted by atomic mass is 9.95. The molecule has 0 aliphatic carbocycles. The number of ether oxygens (including phenoxy) is 1. The smallest absolute Gasteiger partial charge is 0.253 e. The third-order valence-electron chi connectivity index (χ3n) is 4.72. The van der Waals surface area contributed by atoms with E-state index < -0.39 is 0 Å². The topological polar surface area (TPSA) is 67.6 Å². The van der Waals surface area contributed by atoms with E-state index in [1.807, 2.05) is 38.8 Å². The number of benzene rings is 1. The maximum Gasteiger partial charge on any atom is 0.253 e. The van der Waals surface area contributed by atoms with Crippen LogP contribution in [0.25, 0.3) is 0 Å². The molecule has 0 spiro atoms. The first kappa shape index (κ1) is 20.5. The van der Waals surface area contributed by atoms with Crippen LogP contribution in [0.1, 0.15) is 39.9 Å². The number of amides is 1. The van der Waals surface area contributed by atoms with Crippen LogP contribution in [0, 0.1) is 26.7 Å². The molecule has 0 saturated carbocycles. The Bertz CT molecular complexity index is 552. The van der Waals surface area contributed by atoms with Crippen LogP contribution in [0.15, 0.2) is 6.07 Å². The molecule has 0 aromatic heterocycles. The summed E-state index contributed by atoms with van der Waals surface area (Å²) in [4.78, 5) is 14.6. The molecular formula is C19H33N3O2. The van der Waals surface area contributed by atoms with Crippen molar-refractivity contribution in [3.63, 3.8) is 0 Å². The summed E-state index contributed by atoms with van der Waals surface area (Å²) < 4.78 is 4.25. The third-order valence-corrected chi connectivity index (χ3v) is 4.72. The fourth-order valence-corrected chi connectivity index (χ4v) is 3.06. The number of nitrogens with two attached hydrogens (primary N) is 1. The second kappa shape index (κ2) is 9.64. The average Bonchev–Trinajstić information content (AvgIpc) is 2.57. The summed E-state index contributed by atoms with van der Waals surface area (Å²) in [6, 6.07) is 1.93. The van der Waals surface area contributed by atoms with Gasteiger partial charge in [0, 0.05) is 39.1 Å². The molecule has 1 aliphatic heterocycles. The first-order chi connectivity index (χ1) is 11.3. The SMILES string of the molecule is COC.Cc1cc(C(=O)N(C)CC2CCNCC2)c(C)c(C)c1N. The van der Waals surface area contributed by atoms with Crippen molar-refractivity contribution >= 4 is 11.6 Å². The quantitative estimate of drug-likeness (QED) is 0.833. The number of rotatable bonds is 3. The van der Waals surface area contributed by atoms with Crippen LogP contribution in [0.3, 0.4) is 0 Å². The van der Waals surface area contributed by atoms with Gasteiger partial charge in [0.2, 0.25) is 0 Å². The van der Waals surface area contributed by atoms with E-state index in [2.05, 4.69) is 10.1 Å². The minimum atomic E-state index is 0.109. The highest BCUT2D eigenvalue weighted by Gasteiger charge is 2.21. The number of nitrogens with zero attached hydrogens (tertiary/aromatic N) is 1. The van der Waals surface area contributed by atoms with Gasteiger partial charge in [-0.15, -0.1) is 0 Å². The van der Waals surface area contributed by atoms with Crippen molar-refractivity contribution in [2.24, 2.45) is 5.92 Å². The molecular weight excluding hydrogens is 302 g/mol. The summed E-state index contributed by atoms with van der Waals surface area (Å²) in [5.41, 5.74) is 10.6. The van der Waals surface area contributed by atoms with Gasteiger partial charge < -0.3 is 20.7 Å². The molecule has 0 bridgehead atoms. The van der Waals surface area contributed by atoms with E-state index in [0.717, 1.165) is 60.4 Å². The predicted molar refractivity (Wildman–Crippen MR) is 101 cm³/mol. The number of nitrogen functional groups attached to an aromatic ring is 1. The van der Waals surface area contributed by atoms with E-state index in [1.165, 1.54) is 0 Å². The van der Waals surface area contributed by atoms with E-state index in [9.17, 15) is 4.79 Å². The molecule has 1 aliphatic rings. The summed E-state index contributed by atoms with van der Waals surface area (Å²) >= 11 is 0. The zero-order chi connectivity index (χ0) is 18.3. The van der Waals surface area contributed by atoms with Gasteiger partial charge in [0.05, 0.1) is 0 Å². The van der Waals surface area contributed by atoms with Gasteiger partial charge in [0.15, 0.2) is 0 Å². The molecule has 5 heteroatoms. The molecule has 0 radical (unpaired) electrons. The van der Waals surface area contributed by atoms with Crippen molar-refractivity contribution in [3.05, 3.63) is 28.3 Å². The van der Waals surface area contributed by atoms with Gasteiger partial charge in [-0.05, 0) is 75.4 Å². The van der Waals surface area contributed by atoms with Crippen LogP contribution in [0.4, 0.5) is 5.69 Å². The molecule has 1 fully saturated rings. The molecule has 3 N–H and O–H groups in total. The maximum atomic E-state index is 12.7. The molecule has 1 aromatic rings. The van der Waals surface area contributed by atoms with Crippen LogP contribution >= 0.6 is 0 Å². The Hall–Kier alpha value is -1.59. The van der Waals surface area contributed by atoms with Crippen molar-refractivity contribution in [2.75, 3.05) is 46.6 Å². The van der Waals surface area contributed by atoms with E-state index >= 15 is 0 Å². The number of piperidine rings is 1. The number of carbonyl (C=O) groups excluding carboxylic acids is 1. The molecule has 2 rings (SSSR count). The fraction of sp³-hybridized carbons (Fsp3) is 0.632. The zero-order valence-corrected chi connectivity index (χ0v) is 16.0. The van der Waals surface area contributed by atoms with Gasteiger partial charge in [-0.1, -0.05) is 0 Å². The number of nitrogens with one attached hydrogen (secondary N) is 1. The second-order valence-electron chi connectivity index (χ2n) is 6.69. The predicted octanol–water partition coefficient (Wildman–Crippen LogP) is 2.53. The van der Waals surface area contributed by atoms with Crippen LogP contribution in [-0.2, 0) is 4.74 Å². The van der Waals surface area contributed by atoms with Crippen LogP contribution in [-0.4, -0.2) is 51.7 Å². The summed E-state index contributed by atoms with van der Waals surface area (Å²) in [6.07, 6.45) is 2.30. The van der Waals surface area contributed by atoms with Gasteiger partial charge in [-0.25, -0.2) is 0 Å². The van der Waals surface area contributed by atoms with Gasteiger partial charge in [0.1, 0.15) is 0 Å². The third kappa shape index (κ3) is 5.21.